The zero-order chi connectivity index (χ0) is 10.4. The van der Waals surface area contributed by atoms with Crippen molar-refractivity contribution in [1.82, 2.24) is 0 Å². The third-order valence-corrected chi connectivity index (χ3v) is 3.80. The Morgan fingerprint density at radius 3 is 2.53 bits per heavy atom. The van der Waals surface area contributed by atoms with Gasteiger partial charge in [-0.05, 0) is 34.4 Å². The van der Waals surface area contributed by atoms with Crippen molar-refractivity contribution < 1.29 is 4.39 Å². The molecule has 1 aliphatic rings. The second kappa shape index (κ2) is 3.17. The molecule has 2 aromatic carbocycles. The molecule has 0 radical (unpaired) electrons. The van der Waals surface area contributed by atoms with Crippen molar-refractivity contribution in [2.24, 2.45) is 0 Å². The molecule has 2 aromatic rings. The van der Waals surface area contributed by atoms with E-state index in [1.807, 2.05) is 24.3 Å². The zero-order valence-corrected chi connectivity index (χ0v) is 9.46. The van der Waals surface area contributed by atoms with Gasteiger partial charge in [-0.1, -0.05) is 46.3 Å². The zero-order valence-electron chi connectivity index (χ0n) is 7.87. The van der Waals surface area contributed by atoms with E-state index < -0.39 is 0 Å². The Bertz CT molecular complexity index is 534. The maximum Gasteiger partial charge on any atom is 0.123 e. The van der Waals surface area contributed by atoms with Crippen molar-refractivity contribution in [1.29, 1.82) is 0 Å². The van der Waals surface area contributed by atoms with Crippen LogP contribution in [0, 0.1) is 5.82 Å². The molecule has 1 unspecified atom stereocenters. The molecular weight excluding hydrogens is 255 g/mol. The van der Waals surface area contributed by atoms with Gasteiger partial charge in [0.15, 0.2) is 0 Å². The van der Waals surface area contributed by atoms with Gasteiger partial charge >= 0.3 is 0 Å². The largest absolute Gasteiger partial charge is 0.207 e. The number of hydrogen-bond donors (Lipinski definition) is 0. The predicted molar refractivity (Wildman–Crippen MR) is 62.6 cm³/mol. The highest BCUT2D eigenvalue weighted by molar-refractivity contribution is 9.09. The van der Waals surface area contributed by atoms with Crippen molar-refractivity contribution in [3.63, 3.8) is 0 Å². The second-order valence-corrected chi connectivity index (χ2v) is 4.60. The Labute approximate surface area is 95.9 Å². The predicted octanol–water partition coefficient (Wildman–Crippen LogP) is 4.29. The molecule has 0 N–H and O–H groups in total. The van der Waals surface area contributed by atoms with Crippen molar-refractivity contribution in [2.75, 3.05) is 0 Å². The minimum atomic E-state index is -0.176. The average molecular weight is 263 g/mol. The first-order valence-corrected chi connectivity index (χ1v) is 5.72. The van der Waals surface area contributed by atoms with Gasteiger partial charge in [0.1, 0.15) is 5.82 Å². The summed E-state index contributed by atoms with van der Waals surface area (Å²) in [6.07, 6.45) is 0. The summed E-state index contributed by atoms with van der Waals surface area (Å²) in [7, 11) is 0. The molecule has 0 heterocycles. The van der Waals surface area contributed by atoms with Crippen molar-refractivity contribution >= 4 is 15.9 Å². The Hall–Kier alpha value is -1.15. The fourth-order valence-corrected chi connectivity index (χ4v) is 2.91. The molecule has 0 amide bonds. The first-order valence-electron chi connectivity index (χ1n) is 4.80. The third kappa shape index (κ3) is 1.25. The van der Waals surface area contributed by atoms with Gasteiger partial charge in [-0.15, -0.1) is 0 Å². The molecule has 0 saturated carbocycles. The molecule has 2 heteroatoms. The SMILES string of the molecule is Fc1ccc2c(c1)-c1ccccc1C2Br. The van der Waals surface area contributed by atoms with Crippen molar-refractivity contribution in [2.45, 2.75) is 4.83 Å². The molecule has 1 atom stereocenters. The summed E-state index contributed by atoms with van der Waals surface area (Å²) in [6.45, 7) is 0. The molecule has 3 rings (SSSR count). The van der Waals surface area contributed by atoms with Crippen molar-refractivity contribution in [3.8, 4) is 11.1 Å². The summed E-state index contributed by atoms with van der Waals surface area (Å²) in [6, 6.07) is 13.1. The van der Waals surface area contributed by atoms with Gasteiger partial charge in [-0.2, -0.15) is 0 Å². The highest BCUT2D eigenvalue weighted by atomic mass is 79.9. The van der Waals surface area contributed by atoms with Crippen LogP contribution in [0.25, 0.3) is 11.1 Å². The van der Waals surface area contributed by atoms with Gasteiger partial charge in [-0.25, -0.2) is 4.39 Å². The van der Waals surface area contributed by atoms with E-state index in [-0.39, 0.29) is 10.6 Å². The second-order valence-electron chi connectivity index (χ2n) is 3.68. The number of alkyl halides is 1. The summed E-state index contributed by atoms with van der Waals surface area (Å²) in [5, 5.41) is 0. The lowest BCUT2D eigenvalue weighted by molar-refractivity contribution is 0.628. The van der Waals surface area contributed by atoms with Crippen LogP contribution in [0.15, 0.2) is 42.5 Å². The van der Waals surface area contributed by atoms with E-state index in [1.54, 1.807) is 6.07 Å². The van der Waals surface area contributed by atoms with Crippen LogP contribution in [0.2, 0.25) is 0 Å². The molecule has 0 fully saturated rings. The third-order valence-electron chi connectivity index (χ3n) is 2.81. The van der Waals surface area contributed by atoms with Crippen LogP contribution in [-0.4, -0.2) is 0 Å². The summed E-state index contributed by atoms with van der Waals surface area (Å²) < 4.78 is 13.2. The summed E-state index contributed by atoms with van der Waals surface area (Å²) in [5.74, 6) is -0.176. The molecule has 0 aromatic heterocycles. The van der Waals surface area contributed by atoms with Crippen LogP contribution in [0.1, 0.15) is 16.0 Å². The topological polar surface area (TPSA) is 0 Å². The van der Waals surface area contributed by atoms with Crippen LogP contribution in [-0.2, 0) is 0 Å². The van der Waals surface area contributed by atoms with E-state index in [0.717, 1.165) is 16.7 Å². The molecule has 0 aliphatic heterocycles. The van der Waals surface area contributed by atoms with Crippen LogP contribution in [0.3, 0.4) is 0 Å². The van der Waals surface area contributed by atoms with Crippen molar-refractivity contribution in [3.05, 3.63) is 59.4 Å². The van der Waals surface area contributed by atoms with E-state index in [4.69, 9.17) is 0 Å². The molecule has 15 heavy (non-hydrogen) atoms. The summed E-state index contributed by atoms with van der Waals surface area (Å²) >= 11 is 3.64. The standard InChI is InChI=1S/C13H8BrF/c14-13-10-4-2-1-3-9(10)12-7-8(15)5-6-11(12)13/h1-7,13H. The number of fused-ring (bicyclic) bond motifs is 3. The molecule has 0 bridgehead atoms. The Balaban J connectivity index is 2.34. The molecule has 0 saturated heterocycles. The highest BCUT2D eigenvalue weighted by Crippen LogP contribution is 2.47. The monoisotopic (exact) mass is 262 g/mol. The molecule has 1 aliphatic carbocycles. The van der Waals surface area contributed by atoms with E-state index in [2.05, 4.69) is 22.0 Å². The van der Waals surface area contributed by atoms with Gasteiger partial charge < -0.3 is 0 Å². The van der Waals surface area contributed by atoms with Gasteiger partial charge in [0.2, 0.25) is 0 Å². The van der Waals surface area contributed by atoms with Gasteiger partial charge in [0, 0.05) is 0 Å². The fraction of sp³-hybridized carbons (Fsp3) is 0.0769. The van der Waals surface area contributed by atoms with Crippen LogP contribution < -0.4 is 0 Å². The Morgan fingerprint density at radius 1 is 0.933 bits per heavy atom. The van der Waals surface area contributed by atoms with Gasteiger partial charge in [0.25, 0.3) is 0 Å². The first kappa shape index (κ1) is 9.10. The maximum absolute atomic E-state index is 13.2. The van der Waals surface area contributed by atoms with E-state index >= 15 is 0 Å². The molecular formula is C13H8BrF. The smallest absolute Gasteiger partial charge is 0.123 e. The van der Waals surface area contributed by atoms with E-state index in [1.165, 1.54) is 11.6 Å². The van der Waals surface area contributed by atoms with Crippen LogP contribution >= 0.6 is 15.9 Å². The minimum absolute atomic E-state index is 0.176. The van der Waals surface area contributed by atoms with E-state index in [0.29, 0.717) is 0 Å². The quantitative estimate of drug-likeness (QED) is 0.622. The lowest BCUT2D eigenvalue weighted by atomic mass is 10.1. The number of rotatable bonds is 0. The van der Waals surface area contributed by atoms with Gasteiger partial charge in [0.05, 0.1) is 4.83 Å². The number of benzene rings is 2. The minimum Gasteiger partial charge on any atom is -0.207 e. The number of hydrogen-bond acceptors (Lipinski definition) is 0. The van der Waals surface area contributed by atoms with Crippen LogP contribution in [0.4, 0.5) is 4.39 Å². The fourth-order valence-electron chi connectivity index (χ4n) is 2.11. The first-order chi connectivity index (χ1) is 7.27. The molecule has 0 nitrogen and oxygen atoms in total. The summed E-state index contributed by atoms with van der Waals surface area (Å²) in [5.41, 5.74) is 4.51. The maximum atomic E-state index is 13.2. The Kier molecular flexibility index (Phi) is 1.93. The molecule has 0 spiro atoms. The lowest BCUT2D eigenvalue weighted by Gasteiger charge is -2.02. The molecule has 74 valence electrons. The normalized spacial score (nSPS) is 17.3. The summed E-state index contributed by atoms with van der Waals surface area (Å²) in [4.78, 5) is 0.198. The van der Waals surface area contributed by atoms with Crippen LogP contribution in [0.5, 0.6) is 0 Å². The van der Waals surface area contributed by atoms with Gasteiger partial charge in [-0.3, -0.25) is 0 Å². The highest BCUT2D eigenvalue weighted by Gasteiger charge is 2.26. The number of halogens is 2. The Morgan fingerprint density at radius 2 is 1.67 bits per heavy atom. The average Bonchev–Trinajstić information content (AvgIpc) is 2.54. The lowest BCUT2D eigenvalue weighted by Crippen LogP contribution is -1.85. The van der Waals surface area contributed by atoms with E-state index in [9.17, 15) is 4.39 Å².